The maximum Gasteiger partial charge on any atom is 0.0480 e. The summed E-state index contributed by atoms with van der Waals surface area (Å²) in [7, 11) is 0. The van der Waals surface area contributed by atoms with Gasteiger partial charge in [0.25, 0.3) is 0 Å². The molecule has 2 rings (SSSR count). The normalized spacial score (nSPS) is 22.0. The minimum atomic E-state index is 0.644. The van der Waals surface area contributed by atoms with E-state index in [9.17, 15) is 0 Å². The fourth-order valence-corrected chi connectivity index (χ4v) is 3.09. The number of ether oxygens (including phenoxy) is 1. The van der Waals surface area contributed by atoms with Gasteiger partial charge < -0.3 is 10.1 Å². The van der Waals surface area contributed by atoms with Gasteiger partial charge in [0.15, 0.2) is 0 Å². The maximum absolute atomic E-state index is 5.46. The van der Waals surface area contributed by atoms with Crippen LogP contribution in [0.3, 0.4) is 0 Å². The molecule has 2 heterocycles. The van der Waals surface area contributed by atoms with Crippen molar-refractivity contribution in [3.8, 4) is 0 Å². The topological polar surface area (TPSA) is 21.3 Å². The maximum atomic E-state index is 5.46. The molecule has 1 unspecified atom stereocenters. The van der Waals surface area contributed by atoms with E-state index in [1.807, 2.05) is 11.3 Å². The van der Waals surface area contributed by atoms with E-state index >= 15 is 0 Å². The van der Waals surface area contributed by atoms with Crippen molar-refractivity contribution in [3.05, 3.63) is 21.4 Å². The first-order valence-corrected chi connectivity index (χ1v) is 6.94. The Morgan fingerprint density at radius 3 is 3.00 bits per heavy atom. The highest BCUT2D eigenvalue weighted by Gasteiger charge is 2.12. The standard InChI is InChI=1S/C13H21NOS/c1-10-8-13(16-11(10)2)9-14-12-4-3-6-15-7-5-12/h8,12,14H,3-7,9H2,1-2H3. The lowest BCUT2D eigenvalue weighted by Gasteiger charge is -2.14. The van der Waals surface area contributed by atoms with Crippen LogP contribution in [0.1, 0.15) is 34.6 Å². The van der Waals surface area contributed by atoms with Crippen LogP contribution in [0.15, 0.2) is 6.07 Å². The summed E-state index contributed by atoms with van der Waals surface area (Å²) in [6, 6.07) is 2.95. The zero-order chi connectivity index (χ0) is 11.4. The third-order valence-corrected chi connectivity index (χ3v) is 4.39. The van der Waals surface area contributed by atoms with Crippen LogP contribution >= 0.6 is 11.3 Å². The smallest absolute Gasteiger partial charge is 0.0480 e. The van der Waals surface area contributed by atoms with Gasteiger partial charge in [0.05, 0.1) is 0 Å². The summed E-state index contributed by atoms with van der Waals surface area (Å²) >= 11 is 1.91. The lowest BCUT2D eigenvalue weighted by atomic mass is 10.1. The summed E-state index contributed by atoms with van der Waals surface area (Å²) in [4.78, 5) is 2.90. The Morgan fingerprint density at radius 1 is 1.38 bits per heavy atom. The molecule has 0 radical (unpaired) electrons. The van der Waals surface area contributed by atoms with Gasteiger partial charge in [0.2, 0.25) is 0 Å². The summed E-state index contributed by atoms with van der Waals surface area (Å²) in [6.07, 6.45) is 3.60. The molecular formula is C13H21NOS. The molecule has 0 amide bonds. The van der Waals surface area contributed by atoms with E-state index in [4.69, 9.17) is 4.74 Å². The molecule has 0 aliphatic carbocycles. The van der Waals surface area contributed by atoms with Crippen molar-refractivity contribution < 1.29 is 4.74 Å². The Hall–Kier alpha value is -0.380. The number of aryl methyl sites for hydroxylation is 2. The summed E-state index contributed by atoms with van der Waals surface area (Å²) in [5, 5.41) is 3.65. The summed E-state index contributed by atoms with van der Waals surface area (Å²) in [5.74, 6) is 0. The number of hydrogen-bond acceptors (Lipinski definition) is 3. The van der Waals surface area contributed by atoms with Gasteiger partial charge in [-0.1, -0.05) is 0 Å². The Kier molecular flexibility index (Phi) is 4.38. The average molecular weight is 239 g/mol. The van der Waals surface area contributed by atoms with E-state index in [2.05, 4.69) is 25.2 Å². The van der Waals surface area contributed by atoms with Crippen molar-refractivity contribution in [2.75, 3.05) is 13.2 Å². The zero-order valence-corrected chi connectivity index (χ0v) is 11.0. The molecule has 16 heavy (non-hydrogen) atoms. The molecule has 1 aliphatic heterocycles. The van der Waals surface area contributed by atoms with E-state index in [0.717, 1.165) is 26.2 Å². The lowest BCUT2D eigenvalue weighted by Crippen LogP contribution is -2.28. The molecule has 2 nitrogen and oxygen atoms in total. The predicted molar refractivity (Wildman–Crippen MR) is 69.1 cm³/mol. The van der Waals surface area contributed by atoms with Crippen molar-refractivity contribution in [1.82, 2.24) is 5.32 Å². The Labute approximate surface area is 102 Å². The molecule has 1 N–H and O–H groups in total. The molecule has 0 bridgehead atoms. The Morgan fingerprint density at radius 2 is 2.25 bits per heavy atom. The highest BCUT2D eigenvalue weighted by atomic mass is 32.1. The van der Waals surface area contributed by atoms with Gasteiger partial charge >= 0.3 is 0 Å². The molecule has 1 saturated heterocycles. The number of rotatable bonds is 3. The number of thiophene rings is 1. The van der Waals surface area contributed by atoms with Crippen molar-refractivity contribution in [1.29, 1.82) is 0 Å². The Bertz CT molecular complexity index is 307. The molecule has 1 atom stereocenters. The van der Waals surface area contributed by atoms with Gasteiger partial charge in [-0.05, 0) is 44.7 Å². The van der Waals surface area contributed by atoms with Crippen LogP contribution in [-0.4, -0.2) is 19.3 Å². The van der Waals surface area contributed by atoms with E-state index in [-0.39, 0.29) is 0 Å². The van der Waals surface area contributed by atoms with E-state index in [1.54, 1.807) is 0 Å². The van der Waals surface area contributed by atoms with Crippen molar-refractivity contribution in [3.63, 3.8) is 0 Å². The molecule has 1 aromatic heterocycles. The third kappa shape index (κ3) is 3.30. The fourth-order valence-electron chi connectivity index (χ4n) is 2.09. The minimum absolute atomic E-state index is 0.644. The van der Waals surface area contributed by atoms with Crippen LogP contribution < -0.4 is 5.32 Å². The summed E-state index contributed by atoms with van der Waals surface area (Å²) in [5.41, 5.74) is 1.42. The summed E-state index contributed by atoms with van der Waals surface area (Å²) in [6.45, 7) is 7.26. The minimum Gasteiger partial charge on any atom is -0.381 e. The lowest BCUT2D eigenvalue weighted by molar-refractivity contribution is 0.142. The largest absolute Gasteiger partial charge is 0.381 e. The molecule has 90 valence electrons. The van der Waals surface area contributed by atoms with Crippen molar-refractivity contribution >= 4 is 11.3 Å². The number of nitrogens with one attached hydrogen (secondary N) is 1. The van der Waals surface area contributed by atoms with Crippen LogP contribution in [-0.2, 0) is 11.3 Å². The molecule has 0 spiro atoms. The van der Waals surface area contributed by atoms with Gasteiger partial charge in [-0.15, -0.1) is 11.3 Å². The quantitative estimate of drug-likeness (QED) is 0.875. The van der Waals surface area contributed by atoms with Crippen LogP contribution in [0, 0.1) is 13.8 Å². The van der Waals surface area contributed by atoms with Gasteiger partial charge in [0, 0.05) is 35.6 Å². The average Bonchev–Trinajstić information content (AvgIpc) is 2.50. The van der Waals surface area contributed by atoms with Crippen LogP contribution in [0.4, 0.5) is 0 Å². The van der Waals surface area contributed by atoms with Gasteiger partial charge in [-0.2, -0.15) is 0 Å². The first-order chi connectivity index (χ1) is 7.75. The van der Waals surface area contributed by atoms with Crippen molar-refractivity contribution in [2.24, 2.45) is 0 Å². The monoisotopic (exact) mass is 239 g/mol. The predicted octanol–water partition coefficient (Wildman–Crippen LogP) is 3.02. The van der Waals surface area contributed by atoms with E-state index in [1.165, 1.54) is 28.2 Å². The molecule has 1 aliphatic rings. The third-order valence-electron chi connectivity index (χ3n) is 3.23. The van der Waals surface area contributed by atoms with E-state index < -0.39 is 0 Å². The highest BCUT2D eigenvalue weighted by Crippen LogP contribution is 2.20. The van der Waals surface area contributed by atoms with Crippen molar-refractivity contribution in [2.45, 2.75) is 45.7 Å². The zero-order valence-electron chi connectivity index (χ0n) is 10.2. The molecular weight excluding hydrogens is 218 g/mol. The second kappa shape index (κ2) is 5.80. The summed E-state index contributed by atoms with van der Waals surface area (Å²) < 4.78 is 5.46. The molecule has 1 fully saturated rings. The van der Waals surface area contributed by atoms with E-state index in [0.29, 0.717) is 6.04 Å². The Balaban J connectivity index is 1.81. The molecule has 1 aromatic rings. The van der Waals surface area contributed by atoms with Crippen LogP contribution in [0.5, 0.6) is 0 Å². The molecule has 0 aromatic carbocycles. The first kappa shape index (κ1) is 12.1. The first-order valence-electron chi connectivity index (χ1n) is 6.13. The van der Waals surface area contributed by atoms with Gasteiger partial charge in [-0.3, -0.25) is 0 Å². The second-order valence-electron chi connectivity index (χ2n) is 4.57. The molecule has 0 saturated carbocycles. The van der Waals surface area contributed by atoms with Gasteiger partial charge in [0.1, 0.15) is 0 Å². The highest BCUT2D eigenvalue weighted by molar-refractivity contribution is 7.12. The fraction of sp³-hybridized carbons (Fsp3) is 0.692. The van der Waals surface area contributed by atoms with Crippen LogP contribution in [0.25, 0.3) is 0 Å². The van der Waals surface area contributed by atoms with Gasteiger partial charge in [-0.25, -0.2) is 0 Å². The second-order valence-corrected chi connectivity index (χ2v) is 5.91. The number of hydrogen-bond donors (Lipinski definition) is 1. The SMILES string of the molecule is Cc1cc(CNC2CCCOCC2)sc1C. The van der Waals surface area contributed by atoms with Crippen LogP contribution in [0.2, 0.25) is 0 Å². The molecule has 3 heteroatoms.